The van der Waals surface area contributed by atoms with Crippen LogP contribution in [-0.2, 0) is 0 Å². The van der Waals surface area contributed by atoms with Gasteiger partial charge in [0.15, 0.2) is 0 Å². The smallest absolute Gasteiger partial charge is 0.229 e. The van der Waals surface area contributed by atoms with Crippen molar-refractivity contribution in [3.8, 4) is 11.5 Å². The first-order chi connectivity index (χ1) is 12.5. The molecular formula is C19H25ClN4O2. The van der Waals surface area contributed by atoms with Crippen LogP contribution in [0.1, 0.15) is 25.5 Å². The predicted octanol–water partition coefficient (Wildman–Crippen LogP) is 4.44. The molecule has 6 nitrogen and oxygen atoms in total. The normalized spacial score (nSPS) is 15.0. The average Bonchev–Trinajstić information content (AvgIpc) is 2.63. The first-order valence-electron chi connectivity index (χ1n) is 8.79. The highest BCUT2D eigenvalue weighted by Crippen LogP contribution is 2.37. The molecular weight excluding hydrogens is 352 g/mol. The average molecular weight is 377 g/mol. The molecule has 1 saturated heterocycles. The number of rotatable bonds is 5. The van der Waals surface area contributed by atoms with Crippen LogP contribution in [0, 0.1) is 12.8 Å². The Bertz CT molecular complexity index is 776. The summed E-state index contributed by atoms with van der Waals surface area (Å²) >= 11 is 6.18. The summed E-state index contributed by atoms with van der Waals surface area (Å²) in [6.45, 7) is 6.32. The highest BCUT2D eigenvalue weighted by molar-refractivity contribution is 6.32. The lowest BCUT2D eigenvalue weighted by Gasteiger charge is -2.31. The van der Waals surface area contributed by atoms with Crippen molar-refractivity contribution >= 4 is 29.1 Å². The summed E-state index contributed by atoms with van der Waals surface area (Å²) in [6.07, 6.45) is 2.38. The number of aromatic nitrogens is 2. The molecule has 0 radical (unpaired) electrons. The van der Waals surface area contributed by atoms with Crippen molar-refractivity contribution in [2.24, 2.45) is 5.92 Å². The van der Waals surface area contributed by atoms with E-state index in [1.54, 1.807) is 26.4 Å². The summed E-state index contributed by atoms with van der Waals surface area (Å²) in [6, 6.07) is 5.53. The Balaban J connectivity index is 1.88. The molecule has 0 saturated carbocycles. The second-order valence-corrected chi connectivity index (χ2v) is 7.08. The summed E-state index contributed by atoms with van der Waals surface area (Å²) in [5.41, 5.74) is 1.62. The number of halogens is 1. The van der Waals surface area contributed by atoms with E-state index in [-0.39, 0.29) is 0 Å². The molecule has 2 aromatic rings. The van der Waals surface area contributed by atoms with Crippen LogP contribution in [0.2, 0.25) is 5.02 Å². The van der Waals surface area contributed by atoms with Gasteiger partial charge in [-0.3, -0.25) is 0 Å². The molecule has 0 amide bonds. The Morgan fingerprint density at radius 3 is 2.42 bits per heavy atom. The number of nitrogens with zero attached hydrogens (tertiary/aromatic N) is 3. The zero-order valence-corrected chi connectivity index (χ0v) is 16.4. The summed E-state index contributed by atoms with van der Waals surface area (Å²) in [5.74, 6) is 3.42. The van der Waals surface area contributed by atoms with Crippen molar-refractivity contribution in [3.05, 3.63) is 28.9 Å². The summed E-state index contributed by atoms with van der Waals surface area (Å²) in [4.78, 5) is 11.5. The highest BCUT2D eigenvalue weighted by atomic mass is 35.5. The molecule has 0 bridgehead atoms. The van der Waals surface area contributed by atoms with Gasteiger partial charge in [0.25, 0.3) is 0 Å². The maximum absolute atomic E-state index is 6.18. The Kier molecular flexibility index (Phi) is 5.71. The maximum Gasteiger partial charge on any atom is 0.229 e. The SMILES string of the molecule is COc1cc(Nc2nc(C)cc(N3CCC(C)CC3)n2)c(OC)cc1Cl. The van der Waals surface area contributed by atoms with Crippen molar-refractivity contribution in [1.29, 1.82) is 0 Å². The van der Waals surface area contributed by atoms with Gasteiger partial charge in [-0.1, -0.05) is 18.5 Å². The second kappa shape index (κ2) is 7.99. The van der Waals surface area contributed by atoms with Gasteiger partial charge in [-0.2, -0.15) is 4.98 Å². The van der Waals surface area contributed by atoms with Gasteiger partial charge in [0.05, 0.1) is 24.9 Å². The fourth-order valence-corrected chi connectivity index (χ4v) is 3.32. The Hall–Kier alpha value is -2.21. The van der Waals surface area contributed by atoms with Crippen LogP contribution in [0.4, 0.5) is 17.5 Å². The van der Waals surface area contributed by atoms with Crippen molar-refractivity contribution < 1.29 is 9.47 Å². The van der Waals surface area contributed by atoms with Crippen LogP contribution in [0.5, 0.6) is 11.5 Å². The van der Waals surface area contributed by atoms with Crippen LogP contribution < -0.4 is 19.7 Å². The van der Waals surface area contributed by atoms with Gasteiger partial charge in [0, 0.05) is 37.0 Å². The van der Waals surface area contributed by atoms with Gasteiger partial charge in [0.1, 0.15) is 17.3 Å². The van der Waals surface area contributed by atoms with E-state index in [1.165, 1.54) is 12.8 Å². The molecule has 1 aromatic carbocycles. The largest absolute Gasteiger partial charge is 0.495 e. The monoisotopic (exact) mass is 376 g/mol. The molecule has 0 atom stereocenters. The fourth-order valence-electron chi connectivity index (χ4n) is 3.09. The Labute approximate surface area is 159 Å². The molecule has 1 N–H and O–H groups in total. The van der Waals surface area contributed by atoms with E-state index in [0.717, 1.165) is 30.5 Å². The summed E-state index contributed by atoms with van der Waals surface area (Å²) < 4.78 is 10.7. The van der Waals surface area contributed by atoms with E-state index >= 15 is 0 Å². The van der Waals surface area contributed by atoms with Gasteiger partial charge in [-0.15, -0.1) is 0 Å². The first kappa shape index (κ1) is 18.6. The number of methoxy groups -OCH3 is 2. The number of hydrogen-bond donors (Lipinski definition) is 1. The molecule has 1 aromatic heterocycles. The Morgan fingerprint density at radius 1 is 1.08 bits per heavy atom. The molecule has 1 aliphatic heterocycles. The minimum absolute atomic E-state index is 0.489. The van der Waals surface area contributed by atoms with Gasteiger partial charge in [-0.05, 0) is 25.7 Å². The molecule has 26 heavy (non-hydrogen) atoms. The van der Waals surface area contributed by atoms with Gasteiger partial charge >= 0.3 is 0 Å². The van der Waals surface area contributed by atoms with Gasteiger partial charge < -0.3 is 19.7 Å². The lowest BCUT2D eigenvalue weighted by atomic mass is 9.99. The topological polar surface area (TPSA) is 59.5 Å². The number of nitrogens with one attached hydrogen (secondary N) is 1. The number of aryl methyl sites for hydroxylation is 1. The van der Waals surface area contributed by atoms with E-state index in [2.05, 4.69) is 22.1 Å². The van der Waals surface area contributed by atoms with E-state index in [1.807, 2.05) is 13.0 Å². The van der Waals surface area contributed by atoms with Gasteiger partial charge in [-0.25, -0.2) is 4.98 Å². The minimum atomic E-state index is 0.489. The number of hydrogen-bond acceptors (Lipinski definition) is 6. The summed E-state index contributed by atoms with van der Waals surface area (Å²) in [7, 11) is 3.18. The molecule has 0 unspecified atom stereocenters. The minimum Gasteiger partial charge on any atom is -0.495 e. The van der Waals surface area contributed by atoms with Crippen LogP contribution in [0.25, 0.3) is 0 Å². The van der Waals surface area contributed by atoms with Crippen LogP contribution >= 0.6 is 11.6 Å². The van der Waals surface area contributed by atoms with Crippen molar-refractivity contribution in [2.45, 2.75) is 26.7 Å². The van der Waals surface area contributed by atoms with Crippen molar-refractivity contribution in [1.82, 2.24) is 9.97 Å². The van der Waals surface area contributed by atoms with Crippen molar-refractivity contribution in [2.75, 3.05) is 37.5 Å². The molecule has 3 rings (SSSR count). The molecule has 0 spiro atoms. The summed E-state index contributed by atoms with van der Waals surface area (Å²) in [5, 5.41) is 3.73. The molecule has 7 heteroatoms. The second-order valence-electron chi connectivity index (χ2n) is 6.67. The predicted molar refractivity (Wildman–Crippen MR) is 105 cm³/mol. The van der Waals surface area contributed by atoms with E-state index in [9.17, 15) is 0 Å². The molecule has 1 aliphatic rings. The van der Waals surface area contributed by atoms with E-state index in [4.69, 9.17) is 26.1 Å². The zero-order valence-electron chi connectivity index (χ0n) is 15.7. The van der Waals surface area contributed by atoms with Crippen LogP contribution in [0.15, 0.2) is 18.2 Å². The third-order valence-corrected chi connectivity index (χ3v) is 4.96. The molecule has 1 fully saturated rings. The van der Waals surface area contributed by atoms with Crippen LogP contribution in [-0.4, -0.2) is 37.3 Å². The van der Waals surface area contributed by atoms with Crippen molar-refractivity contribution in [3.63, 3.8) is 0 Å². The fraction of sp³-hybridized carbons (Fsp3) is 0.474. The zero-order chi connectivity index (χ0) is 18.7. The highest BCUT2D eigenvalue weighted by Gasteiger charge is 2.18. The van der Waals surface area contributed by atoms with E-state index < -0.39 is 0 Å². The van der Waals surface area contributed by atoms with Crippen LogP contribution in [0.3, 0.4) is 0 Å². The third-order valence-electron chi connectivity index (χ3n) is 4.67. The third kappa shape index (κ3) is 4.12. The molecule has 140 valence electrons. The Morgan fingerprint density at radius 2 is 1.77 bits per heavy atom. The number of piperidine rings is 1. The molecule has 2 heterocycles. The number of ether oxygens (including phenoxy) is 2. The number of anilines is 3. The maximum atomic E-state index is 6.18. The van der Waals surface area contributed by atoms with E-state index in [0.29, 0.717) is 28.2 Å². The quantitative estimate of drug-likeness (QED) is 0.832. The number of benzene rings is 1. The lowest BCUT2D eigenvalue weighted by molar-refractivity contribution is 0.405. The first-order valence-corrected chi connectivity index (χ1v) is 9.17. The molecule has 0 aliphatic carbocycles. The standard InChI is InChI=1S/C19H25ClN4O2/c1-12-5-7-24(8-6-12)18-9-13(2)21-19(23-18)22-15-11-16(25-3)14(20)10-17(15)26-4/h9-12H,5-8H2,1-4H3,(H,21,22,23). The lowest BCUT2D eigenvalue weighted by Crippen LogP contribution is -2.33. The van der Waals surface area contributed by atoms with Gasteiger partial charge in [0.2, 0.25) is 5.95 Å².